The average Bonchev–Trinajstić information content (AvgIpc) is 3.15. The molecule has 1 aliphatic carbocycles. The van der Waals surface area contributed by atoms with Gasteiger partial charge >= 0.3 is 0 Å². The predicted octanol–water partition coefficient (Wildman–Crippen LogP) is 3.41. The number of rotatable bonds is 4. The number of amidine groups is 1. The molecular weight excluding hydrogens is 376 g/mol. The minimum Gasteiger partial charge on any atom is -0.508 e. The van der Waals surface area contributed by atoms with E-state index in [1.165, 1.54) is 12.1 Å². The average molecular weight is 399 g/mol. The van der Waals surface area contributed by atoms with Crippen molar-refractivity contribution >= 4 is 34.3 Å². The van der Waals surface area contributed by atoms with Crippen LogP contribution in [0.25, 0.3) is 5.52 Å². The van der Waals surface area contributed by atoms with Crippen molar-refractivity contribution in [1.82, 2.24) is 9.61 Å². The molecule has 0 radical (unpaired) electrons. The molecule has 0 unspecified atom stereocenters. The second-order valence-corrected chi connectivity index (χ2v) is 7.57. The first kappa shape index (κ1) is 18.6. The van der Waals surface area contributed by atoms with Gasteiger partial charge in [-0.05, 0) is 49.9 Å². The highest BCUT2D eigenvalue weighted by molar-refractivity contribution is 6.33. The zero-order valence-corrected chi connectivity index (χ0v) is 16.1. The standard InChI is InChI=1S/C20H23ClN6O/c21-16-10-14(28)7-8-17(16)26-20(23)15-11-24-27-9-1-2-18(27)19(15)25-13-5-3-12(22)4-6-13/h1-2,7-13,25,28H,3-6,22H2,(H2,23,26)/t12-,13-. The zero-order chi connectivity index (χ0) is 19.7. The largest absolute Gasteiger partial charge is 0.508 e. The fourth-order valence-corrected chi connectivity index (χ4v) is 3.80. The first-order valence-corrected chi connectivity index (χ1v) is 9.70. The van der Waals surface area contributed by atoms with E-state index in [0.29, 0.717) is 28.2 Å². The second-order valence-electron chi connectivity index (χ2n) is 7.16. The van der Waals surface area contributed by atoms with E-state index in [0.717, 1.165) is 36.9 Å². The number of anilines is 1. The summed E-state index contributed by atoms with van der Waals surface area (Å²) in [7, 11) is 0. The van der Waals surface area contributed by atoms with Gasteiger partial charge in [0.2, 0.25) is 0 Å². The third-order valence-corrected chi connectivity index (χ3v) is 5.44. The lowest BCUT2D eigenvalue weighted by molar-refractivity contribution is 0.411. The van der Waals surface area contributed by atoms with Crippen LogP contribution in [0.2, 0.25) is 5.02 Å². The Labute approximate surface area is 168 Å². The Kier molecular flexibility index (Phi) is 5.11. The highest BCUT2D eigenvalue weighted by Gasteiger charge is 2.21. The Hall–Kier alpha value is -2.77. The molecule has 3 aromatic rings. The lowest BCUT2D eigenvalue weighted by atomic mass is 9.91. The number of phenolic OH excluding ortho intramolecular Hbond substituents is 1. The normalized spacial score (nSPS) is 20.4. The summed E-state index contributed by atoms with van der Waals surface area (Å²) in [5.74, 6) is 0.385. The van der Waals surface area contributed by atoms with Crippen molar-refractivity contribution in [3.63, 3.8) is 0 Å². The molecule has 0 amide bonds. The van der Waals surface area contributed by atoms with Crippen LogP contribution in [0.3, 0.4) is 0 Å². The van der Waals surface area contributed by atoms with E-state index in [2.05, 4.69) is 15.4 Å². The van der Waals surface area contributed by atoms with E-state index in [-0.39, 0.29) is 11.8 Å². The number of aromatic hydroxyl groups is 1. The summed E-state index contributed by atoms with van der Waals surface area (Å²) in [5, 5.41) is 17.9. The topological polar surface area (TPSA) is 114 Å². The number of fused-ring (bicyclic) bond motifs is 1. The lowest BCUT2D eigenvalue weighted by Crippen LogP contribution is -2.33. The van der Waals surface area contributed by atoms with Crippen LogP contribution in [0.1, 0.15) is 31.2 Å². The van der Waals surface area contributed by atoms with Gasteiger partial charge in [-0.15, -0.1) is 0 Å². The molecule has 146 valence electrons. The molecule has 7 nitrogen and oxygen atoms in total. The van der Waals surface area contributed by atoms with E-state index in [9.17, 15) is 5.11 Å². The van der Waals surface area contributed by atoms with E-state index in [4.69, 9.17) is 23.1 Å². The van der Waals surface area contributed by atoms with E-state index in [1.54, 1.807) is 16.8 Å². The van der Waals surface area contributed by atoms with Crippen molar-refractivity contribution in [2.24, 2.45) is 16.5 Å². The van der Waals surface area contributed by atoms with Gasteiger partial charge in [0.15, 0.2) is 0 Å². The number of halogens is 1. The number of nitrogens with two attached hydrogens (primary N) is 2. The van der Waals surface area contributed by atoms with Crippen molar-refractivity contribution in [2.75, 3.05) is 5.32 Å². The van der Waals surface area contributed by atoms with Crippen molar-refractivity contribution in [3.05, 3.63) is 53.3 Å². The summed E-state index contributed by atoms with van der Waals surface area (Å²) in [5.41, 5.74) is 15.4. The van der Waals surface area contributed by atoms with E-state index in [1.807, 2.05) is 18.3 Å². The third kappa shape index (κ3) is 3.76. The van der Waals surface area contributed by atoms with Crippen LogP contribution < -0.4 is 16.8 Å². The Morgan fingerprint density at radius 3 is 2.79 bits per heavy atom. The monoisotopic (exact) mass is 398 g/mol. The van der Waals surface area contributed by atoms with Crippen LogP contribution in [0, 0.1) is 0 Å². The molecule has 6 N–H and O–H groups in total. The maximum Gasteiger partial charge on any atom is 0.135 e. The maximum atomic E-state index is 9.53. The Balaban J connectivity index is 1.72. The number of phenols is 1. The molecule has 0 atom stereocenters. The summed E-state index contributed by atoms with van der Waals surface area (Å²) in [6.07, 6.45) is 7.62. The van der Waals surface area contributed by atoms with E-state index < -0.39 is 0 Å². The molecule has 28 heavy (non-hydrogen) atoms. The summed E-state index contributed by atoms with van der Waals surface area (Å²) in [6, 6.07) is 9.13. The van der Waals surface area contributed by atoms with Gasteiger partial charge in [0.05, 0.1) is 33.7 Å². The fraction of sp³-hybridized carbons (Fsp3) is 0.300. The van der Waals surface area contributed by atoms with E-state index >= 15 is 0 Å². The van der Waals surface area contributed by atoms with Gasteiger partial charge in [0, 0.05) is 24.3 Å². The van der Waals surface area contributed by atoms with Crippen molar-refractivity contribution in [3.8, 4) is 5.75 Å². The first-order chi connectivity index (χ1) is 13.5. The quantitative estimate of drug-likeness (QED) is 0.397. The number of hydrogen-bond donors (Lipinski definition) is 4. The highest BCUT2D eigenvalue weighted by Crippen LogP contribution is 2.31. The van der Waals surface area contributed by atoms with Gasteiger partial charge in [-0.25, -0.2) is 9.51 Å². The van der Waals surface area contributed by atoms with Crippen molar-refractivity contribution in [2.45, 2.75) is 37.8 Å². The number of nitrogens with one attached hydrogen (secondary N) is 1. The van der Waals surface area contributed by atoms with Crippen LogP contribution in [0.4, 0.5) is 11.4 Å². The molecule has 2 aromatic heterocycles. The molecule has 8 heteroatoms. The summed E-state index contributed by atoms with van der Waals surface area (Å²) < 4.78 is 1.81. The highest BCUT2D eigenvalue weighted by atomic mass is 35.5. The Bertz CT molecular complexity index is 1020. The molecule has 0 aliphatic heterocycles. The number of aromatic nitrogens is 2. The minimum absolute atomic E-state index is 0.0802. The Morgan fingerprint density at radius 1 is 1.25 bits per heavy atom. The molecule has 1 saturated carbocycles. The van der Waals surface area contributed by atoms with Gasteiger partial charge in [0.25, 0.3) is 0 Å². The molecule has 1 aromatic carbocycles. The molecule has 1 fully saturated rings. The number of benzene rings is 1. The number of nitrogens with zero attached hydrogens (tertiary/aromatic N) is 3. The SMILES string of the molecule is NC(=Nc1ccc(O)cc1Cl)c1cnn2cccc2c1N[C@H]1CC[C@H](N)CC1. The maximum absolute atomic E-state index is 9.53. The van der Waals surface area contributed by atoms with Crippen LogP contribution >= 0.6 is 11.6 Å². The van der Waals surface area contributed by atoms with Gasteiger partial charge in [0.1, 0.15) is 11.6 Å². The number of aliphatic imine (C=N–C) groups is 1. The zero-order valence-electron chi connectivity index (χ0n) is 15.3. The third-order valence-electron chi connectivity index (χ3n) is 5.13. The summed E-state index contributed by atoms with van der Waals surface area (Å²) in [4.78, 5) is 4.47. The van der Waals surface area contributed by atoms with Crippen LogP contribution in [0.15, 0.2) is 47.7 Å². The molecule has 1 aliphatic rings. The molecule has 2 heterocycles. The predicted molar refractivity (Wildman–Crippen MR) is 113 cm³/mol. The summed E-state index contributed by atoms with van der Waals surface area (Å²) >= 11 is 6.18. The van der Waals surface area contributed by atoms with Gasteiger partial charge in [-0.3, -0.25) is 0 Å². The first-order valence-electron chi connectivity index (χ1n) is 9.33. The smallest absolute Gasteiger partial charge is 0.135 e. The number of hydrogen-bond acceptors (Lipinski definition) is 5. The van der Waals surface area contributed by atoms with Crippen molar-refractivity contribution in [1.29, 1.82) is 0 Å². The lowest BCUT2D eigenvalue weighted by Gasteiger charge is -2.28. The molecular formula is C20H23ClN6O. The molecule has 0 bridgehead atoms. The van der Waals surface area contributed by atoms with Crippen LogP contribution in [0.5, 0.6) is 5.75 Å². The molecule has 0 spiro atoms. The van der Waals surface area contributed by atoms with Crippen molar-refractivity contribution < 1.29 is 5.11 Å². The van der Waals surface area contributed by atoms with Gasteiger partial charge in [-0.2, -0.15) is 5.10 Å². The molecule has 0 saturated heterocycles. The van der Waals surface area contributed by atoms with Crippen LogP contribution in [-0.4, -0.2) is 32.6 Å². The Morgan fingerprint density at radius 2 is 2.04 bits per heavy atom. The molecule has 4 rings (SSSR count). The fourth-order valence-electron chi connectivity index (χ4n) is 3.58. The van der Waals surface area contributed by atoms with Gasteiger partial charge in [-0.1, -0.05) is 11.6 Å². The second kappa shape index (κ2) is 7.69. The van der Waals surface area contributed by atoms with Crippen LogP contribution in [-0.2, 0) is 0 Å². The summed E-state index contributed by atoms with van der Waals surface area (Å²) in [6.45, 7) is 0. The van der Waals surface area contributed by atoms with Gasteiger partial charge < -0.3 is 21.9 Å². The minimum atomic E-state index is 0.0802.